The van der Waals surface area contributed by atoms with Crippen molar-refractivity contribution in [2.75, 3.05) is 6.54 Å². The summed E-state index contributed by atoms with van der Waals surface area (Å²) in [5, 5.41) is 6.37. The molecule has 0 aliphatic carbocycles. The second kappa shape index (κ2) is 1.87. The largest absolute Gasteiger partial charge is 0.290 e. The fourth-order valence-electron chi connectivity index (χ4n) is 1.42. The molecular weight excluding hydrogens is 112 g/mol. The second-order valence-electron chi connectivity index (χ2n) is 2.52. The van der Waals surface area contributed by atoms with Gasteiger partial charge in [0.05, 0.1) is 6.04 Å². The van der Waals surface area contributed by atoms with Gasteiger partial charge in [-0.1, -0.05) is 6.08 Å². The summed E-state index contributed by atoms with van der Waals surface area (Å²) in [7, 11) is 0. The SMILES string of the molecule is C1=CC2CCCN2N=C1. The van der Waals surface area contributed by atoms with Crippen LogP contribution in [0.15, 0.2) is 17.3 Å². The zero-order valence-electron chi connectivity index (χ0n) is 5.33. The highest BCUT2D eigenvalue weighted by atomic mass is 15.5. The van der Waals surface area contributed by atoms with Gasteiger partial charge >= 0.3 is 0 Å². The third-order valence-electron chi connectivity index (χ3n) is 1.90. The third kappa shape index (κ3) is 0.745. The molecule has 0 N–H and O–H groups in total. The zero-order valence-corrected chi connectivity index (χ0v) is 5.33. The average molecular weight is 122 g/mol. The monoisotopic (exact) mass is 122 g/mol. The normalized spacial score (nSPS) is 31.1. The molecule has 0 aromatic carbocycles. The molecule has 0 aromatic rings. The van der Waals surface area contributed by atoms with Gasteiger partial charge in [0.1, 0.15) is 0 Å². The van der Waals surface area contributed by atoms with E-state index in [1.54, 1.807) is 0 Å². The van der Waals surface area contributed by atoms with Crippen LogP contribution in [0.3, 0.4) is 0 Å². The lowest BCUT2D eigenvalue weighted by Gasteiger charge is -2.19. The van der Waals surface area contributed by atoms with Gasteiger partial charge in [-0.15, -0.1) is 0 Å². The molecule has 0 bridgehead atoms. The van der Waals surface area contributed by atoms with Gasteiger partial charge in [0.15, 0.2) is 0 Å². The molecule has 2 rings (SSSR count). The molecule has 0 aromatic heterocycles. The van der Waals surface area contributed by atoms with Gasteiger partial charge in [0.2, 0.25) is 0 Å². The van der Waals surface area contributed by atoms with Crippen LogP contribution >= 0.6 is 0 Å². The van der Waals surface area contributed by atoms with E-state index in [0.29, 0.717) is 6.04 Å². The fourth-order valence-corrected chi connectivity index (χ4v) is 1.42. The Bertz CT molecular complexity index is 142. The van der Waals surface area contributed by atoms with Crippen LogP contribution in [0.2, 0.25) is 0 Å². The predicted molar refractivity (Wildman–Crippen MR) is 37.4 cm³/mol. The molecule has 2 aliphatic heterocycles. The van der Waals surface area contributed by atoms with E-state index >= 15 is 0 Å². The number of hydrogen-bond donors (Lipinski definition) is 0. The number of nitrogens with zero attached hydrogens (tertiary/aromatic N) is 2. The van der Waals surface area contributed by atoms with Crippen LogP contribution in [0.4, 0.5) is 0 Å². The van der Waals surface area contributed by atoms with E-state index in [0.717, 1.165) is 6.54 Å². The molecule has 0 spiro atoms. The minimum absolute atomic E-state index is 0.620. The van der Waals surface area contributed by atoms with Crippen LogP contribution in [0, 0.1) is 0 Å². The molecule has 1 atom stereocenters. The molecular formula is C7H10N2. The van der Waals surface area contributed by atoms with Crippen molar-refractivity contribution in [3.8, 4) is 0 Å². The van der Waals surface area contributed by atoms with E-state index in [2.05, 4.69) is 16.2 Å². The highest BCUT2D eigenvalue weighted by Crippen LogP contribution is 2.19. The van der Waals surface area contributed by atoms with Crippen LogP contribution in [0.25, 0.3) is 0 Å². The van der Waals surface area contributed by atoms with Crippen LogP contribution in [0.1, 0.15) is 12.8 Å². The maximum absolute atomic E-state index is 4.21. The van der Waals surface area contributed by atoms with Gasteiger partial charge in [-0.2, -0.15) is 5.10 Å². The standard InChI is InChI=1S/C7H10N2/c1-3-7-4-2-6-9(7)8-5-1/h1,3,5,7H,2,4,6H2. The Morgan fingerprint density at radius 3 is 3.44 bits per heavy atom. The number of fused-ring (bicyclic) bond motifs is 1. The molecule has 48 valence electrons. The first-order valence-corrected chi connectivity index (χ1v) is 3.44. The summed E-state index contributed by atoms with van der Waals surface area (Å²) in [5.74, 6) is 0. The molecule has 1 fully saturated rings. The van der Waals surface area contributed by atoms with E-state index in [1.165, 1.54) is 12.8 Å². The minimum Gasteiger partial charge on any atom is -0.290 e. The average Bonchev–Trinajstić information content (AvgIpc) is 2.33. The van der Waals surface area contributed by atoms with Gasteiger partial charge in [0, 0.05) is 12.8 Å². The Labute approximate surface area is 54.9 Å². The first-order chi connectivity index (χ1) is 4.47. The van der Waals surface area contributed by atoms with Crippen LogP contribution < -0.4 is 0 Å². The van der Waals surface area contributed by atoms with Crippen LogP contribution in [-0.4, -0.2) is 23.8 Å². The Balaban J connectivity index is 2.18. The Kier molecular flexibility index (Phi) is 1.04. The Hall–Kier alpha value is -0.790. The lowest BCUT2D eigenvalue weighted by atomic mass is 10.2. The molecule has 2 heteroatoms. The number of hydrazone groups is 1. The summed E-state index contributed by atoms with van der Waals surface area (Å²) in [6.45, 7) is 1.14. The summed E-state index contributed by atoms with van der Waals surface area (Å²) in [4.78, 5) is 0. The molecule has 2 nitrogen and oxygen atoms in total. The van der Waals surface area contributed by atoms with Crippen LogP contribution in [0.5, 0.6) is 0 Å². The molecule has 0 amide bonds. The van der Waals surface area contributed by atoms with Crippen LogP contribution in [-0.2, 0) is 0 Å². The van der Waals surface area contributed by atoms with Crippen molar-refractivity contribution in [3.63, 3.8) is 0 Å². The van der Waals surface area contributed by atoms with E-state index < -0.39 is 0 Å². The van der Waals surface area contributed by atoms with Crippen molar-refractivity contribution >= 4 is 6.21 Å². The first-order valence-electron chi connectivity index (χ1n) is 3.44. The number of hydrogen-bond acceptors (Lipinski definition) is 2. The first kappa shape index (κ1) is 5.03. The minimum atomic E-state index is 0.620. The maximum Gasteiger partial charge on any atom is 0.0655 e. The molecule has 1 unspecified atom stereocenters. The highest BCUT2D eigenvalue weighted by Gasteiger charge is 2.20. The smallest absolute Gasteiger partial charge is 0.0655 e. The third-order valence-corrected chi connectivity index (χ3v) is 1.90. The Morgan fingerprint density at radius 1 is 1.56 bits per heavy atom. The molecule has 2 aliphatic rings. The van der Waals surface area contributed by atoms with Crippen molar-refractivity contribution in [1.82, 2.24) is 5.01 Å². The van der Waals surface area contributed by atoms with Gasteiger partial charge in [-0.05, 0) is 18.9 Å². The molecule has 9 heavy (non-hydrogen) atoms. The molecule has 0 saturated carbocycles. The van der Waals surface area contributed by atoms with E-state index in [9.17, 15) is 0 Å². The number of allylic oxidation sites excluding steroid dienone is 1. The van der Waals surface area contributed by atoms with E-state index in [4.69, 9.17) is 0 Å². The summed E-state index contributed by atoms with van der Waals surface area (Å²) in [6.07, 6.45) is 8.70. The lowest BCUT2D eigenvalue weighted by molar-refractivity contribution is 0.305. The molecule has 1 saturated heterocycles. The maximum atomic E-state index is 4.21. The number of rotatable bonds is 0. The summed E-state index contributed by atoms with van der Waals surface area (Å²) in [6, 6.07) is 0.620. The molecule has 2 heterocycles. The van der Waals surface area contributed by atoms with Gasteiger partial charge in [-0.3, -0.25) is 5.01 Å². The summed E-state index contributed by atoms with van der Waals surface area (Å²) in [5.41, 5.74) is 0. The summed E-state index contributed by atoms with van der Waals surface area (Å²) < 4.78 is 0. The van der Waals surface area contributed by atoms with E-state index in [1.807, 2.05) is 12.3 Å². The van der Waals surface area contributed by atoms with Crippen molar-refractivity contribution in [2.24, 2.45) is 5.10 Å². The zero-order chi connectivity index (χ0) is 6.10. The second-order valence-corrected chi connectivity index (χ2v) is 2.52. The lowest BCUT2D eigenvalue weighted by Crippen LogP contribution is -2.23. The highest BCUT2D eigenvalue weighted by molar-refractivity contribution is 5.71. The van der Waals surface area contributed by atoms with Crippen molar-refractivity contribution in [3.05, 3.63) is 12.2 Å². The van der Waals surface area contributed by atoms with Crippen molar-refractivity contribution < 1.29 is 0 Å². The van der Waals surface area contributed by atoms with Gasteiger partial charge in [0.25, 0.3) is 0 Å². The van der Waals surface area contributed by atoms with Gasteiger partial charge in [-0.25, -0.2) is 0 Å². The fraction of sp³-hybridized carbons (Fsp3) is 0.571. The topological polar surface area (TPSA) is 15.6 Å². The van der Waals surface area contributed by atoms with Crippen molar-refractivity contribution in [2.45, 2.75) is 18.9 Å². The molecule has 0 radical (unpaired) electrons. The Morgan fingerprint density at radius 2 is 2.56 bits per heavy atom. The van der Waals surface area contributed by atoms with Gasteiger partial charge < -0.3 is 0 Å². The van der Waals surface area contributed by atoms with Crippen molar-refractivity contribution in [1.29, 1.82) is 0 Å². The predicted octanol–water partition coefficient (Wildman–Crippen LogP) is 1.01. The van der Waals surface area contributed by atoms with E-state index in [-0.39, 0.29) is 0 Å². The summed E-state index contributed by atoms with van der Waals surface area (Å²) >= 11 is 0. The quantitative estimate of drug-likeness (QED) is 0.468.